The van der Waals surface area contributed by atoms with Crippen LogP contribution in [-0.2, 0) is 14.9 Å². The molecule has 0 unspecified atom stereocenters. The first kappa shape index (κ1) is 14.5. The zero-order chi connectivity index (χ0) is 13.9. The van der Waals surface area contributed by atoms with Gasteiger partial charge in [-0.05, 0) is 24.6 Å². The van der Waals surface area contributed by atoms with Gasteiger partial charge in [0, 0.05) is 18.1 Å². The van der Waals surface area contributed by atoms with Gasteiger partial charge in [-0.1, -0.05) is 23.7 Å². The molecule has 5 nitrogen and oxygen atoms in total. The molecule has 0 aromatic heterocycles. The van der Waals surface area contributed by atoms with Gasteiger partial charge in [0.05, 0.1) is 18.9 Å². The Morgan fingerprint density at radius 2 is 1.84 bits per heavy atom. The van der Waals surface area contributed by atoms with Crippen molar-refractivity contribution < 1.29 is 13.2 Å². The van der Waals surface area contributed by atoms with Gasteiger partial charge in [0.25, 0.3) is 0 Å². The molecule has 1 saturated heterocycles. The van der Waals surface area contributed by atoms with Crippen LogP contribution in [0.5, 0.6) is 0 Å². The third-order valence-corrected chi connectivity index (χ3v) is 4.58. The van der Waals surface area contributed by atoms with Crippen LogP contribution in [-0.4, -0.2) is 44.7 Å². The van der Waals surface area contributed by atoms with Crippen LogP contribution >= 0.6 is 11.6 Å². The monoisotopic (exact) mass is 302 g/mol. The minimum atomic E-state index is -3.63. The zero-order valence-corrected chi connectivity index (χ0v) is 12.1. The van der Waals surface area contributed by atoms with Gasteiger partial charge >= 0.3 is 10.2 Å². The van der Waals surface area contributed by atoms with E-state index in [4.69, 9.17) is 16.3 Å². The van der Waals surface area contributed by atoms with Crippen molar-refractivity contribution in [2.24, 2.45) is 4.40 Å². The summed E-state index contributed by atoms with van der Waals surface area (Å²) >= 11 is 5.79. The Hall–Kier alpha value is -0.950. The molecule has 0 atom stereocenters. The number of halogens is 1. The van der Waals surface area contributed by atoms with E-state index in [1.165, 1.54) is 4.31 Å². The lowest BCUT2D eigenvalue weighted by molar-refractivity contribution is 0.0731. The summed E-state index contributed by atoms with van der Waals surface area (Å²) in [7, 11) is -3.63. The van der Waals surface area contributed by atoms with Gasteiger partial charge in [-0.2, -0.15) is 17.1 Å². The molecule has 0 aliphatic carbocycles. The summed E-state index contributed by atoms with van der Waals surface area (Å²) in [6.07, 6.45) is 0. The molecule has 0 spiro atoms. The molecule has 1 aromatic rings. The highest BCUT2D eigenvalue weighted by atomic mass is 35.5. The van der Waals surface area contributed by atoms with Gasteiger partial charge in [0.15, 0.2) is 0 Å². The Balaban J connectivity index is 2.21. The van der Waals surface area contributed by atoms with E-state index in [9.17, 15) is 8.42 Å². The van der Waals surface area contributed by atoms with Gasteiger partial charge in [0.2, 0.25) is 0 Å². The van der Waals surface area contributed by atoms with E-state index in [0.29, 0.717) is 37.0 Å². The average molecular weight is 303 g/mol. The highest BCUT2D eigenvalue weighted by Crippen LogP contribution is 2.13. The van der Waals surface area contributed by atoms with Crippen LogP contribution in [0.4, 0.5) is 0 Å². The van der Waals surface area contributed by atoms with Gasteiger partial charge in [0.1, 0.15) is 0 Å². The molecule has 2 rings (SSSR count). The minimum Gasteiger partial charge on any atom is -0.379 e. The number of benzene rings is 1. The summed E-state index contributed by atoms with van der Waals surface area (Å²) in [6, 6.07) is 6.90. The summed E-state index contributed by atoms with van der Waals surface area (Å²) in [5, 5.41) is 0.604. The molecule has 0 amide bonds. The van der Waals surface area contributed by atoms with E-state index in [0.717, 1.165) is 5.56 Å². The van der Waals surface area contributed by atoms with Crippen LogP contribution in [0.15, 0.2) is 28.7 Å². The molecule has 1 aromatic carbocycles. The predicted molar refractivity (Wildman–Crippen MR) is 75.0 cm³/mol. The molecule has 0 bridgehead atoms. The quantitative estimate of drug-likeness (QED) is 0.799. The van der Waals surface area contributed by atoms with Crippen molar-refractivity contribution in [3.05, 3.63) is 34.9 Å². The molecule has 19 heavy (non-hydrogen) atoms. The first-order valence-electron chi connectivity index (χ1n) is 5.89. The lowest BCUT2D eigenvalue weighted by atomic mass is 10.1. The fourth-order valence-electron chi connectivity index (χ4n) is 1.75. The van der Waals surface area contributed by atoms with Crippen LogP contribution in [0.3, 0.4) is 0 Å². The minimum absolute atomic E-state index is 0.347. The van der Waals surface area contributed by atoms with Crippen molar-refractivity contribution in [3.8, 4) is 0 Å². The van der Waals surface area contributed by atoms with Crippen molar-refractivity contribution >= 4 is 27.5 Å². The van der Waals surface area contributed by atoms with Gasteiger partial charge in [-0.3, -0.25) is 0 Å². The molecule has 0 N–H and O–H groups in total. The Morgan fingerprint density at radius 3 is 2.42 bits per heavy atom. The molecule has 1 fully saturated rings. The maximum atomic E-state index is 12.1. The van der Waals surface area contributed by atoms with E-state index in [1.54, 1.807) is 31.2 Å². The number of nitrogens with zero attached hydrogens (tertiary/aromatic N) is 2. The third kappa shape index (κ3) is 3.76. The van der Waals surface area contributed by atoms with Gasteiger partial charge < -0.3 is 4.74 Å². The lowest BCUT2D eigenvalue weighted by Gasteiger charge is -2.23. The molecular formula is C12H15ClN2O3S. The molecule has 0 saturated carbocycles. The second kappa shape index (κ2) is 6.00. The van der Waals surface area contributed by atoms with E-state index < -0.39 is 10.2 Å². The van der Waals surface area contributed by atoms with E-state index in [-0.39, 0.29) is 0 Å². The van der Waals surface area contributed by atoms with E-state index >= 15 is 0 Å². The van der Waals surface area contributed by atoms with Crippen molar-refractivity contribution in [1.82, 2.24) is 4.31 Å². The highest BCUT2D eigenvalue weighted by Gasteiger charge is 2.23. The Kier molecular flexibility index (Phi) is 4.57. The number of ether oxygens (including phenoxy) is 1. The Bertz CT molecular complexity index is 563. The van der Waals surface area contributed by atoms with E-state index in [1.807, 2.05) is 0 Å². The van der Waals surface area contributed by atoms with Crippen molar-refractivity contribution in [3.63, 3.8) is 0 Å². The largest absolute Gasteiger partial charge is 0.379 e. The topological polar surface area (TPSA) is 59.0 Å². The molecule has 1 aliphatic rings. The predicted octanol–water partition coefficient (Wildman–Crippen LogP) is 1.73. The third-order valence-electron chi connectivity index (χ3n) is 2.81. The molecule has 104 valence electrons. The number of hydrogen-bond acceptors (Lipinski definition) is 3. The van der Waals surface area contributed by atoms with Crippen LogP contribution < -0.4 is 0 Å². The first-order chi connectivity index (χ1) is 8.99. The Labute approximate surface area is 118 Å². The zero-order valence-electron chi connectivity index (χ0n) is 10.5. The van der Waals surface area contributed by atoms with Crippen molar-refractivity contribution in [2.75, 3.05) is 26.3 Å². The van der Waals surface area contributed by atoms with Gasteiger partial charge in [-0.25, -0.2) is 0 Å². The summed E-state index contributed by atoms with van der Waals surface area (Å²) < 4.78 is 34.5. The molecule has 1 heterocycles. The summed E-state index contributed by atoms with van der Waals surface area (Å²) in [6.45, 7) is 3.18. The number of rotatable bonds is 3. The van der Waals surface area contributed by atoms with Crippen LogP contribution in [0.2, 0.25) is 5.02 Å². The highest BCUT2D eigenvalue weighted by molar-refractivity contribution is 7.88. The molecule has 7 heteroatoms. The Morgan fingerprint density at radius 1 is 1.26 bits per heavy atom. The normalized spacial score (nSPS) is 18.5. The van der Waals surface area contributed by atoms with E-state index in [2.05, 4.69) is 4.40 Å². The summed E-state index contributed by atoms with van der Waals surface area (Å²) in [4.78, 5) is 0. The SMILES string of the molecule is C/C(=N\S(=O)(=O)N1CCOCC1)c1ccc(Cl)cc1. The summed E-state index contributed by atoms with van der Waals surface area (Å²) in [5.41, 5.74) is 1.18. The number of morpholine rings is 1. The standard InChI is InChI=1S/C12H15ClN2O3S/c1-10(11-2-4-12(13)5-3-11)14-19(16,17)15-6-8-18-9-7-15/h2-5H,6-9H2,1H3/b14-10+. The van der Waals surface area contributed by atoms with Crippen LogP contribution in [0.1, 0.15) is 12.5 Å². The molecule has 1 aliphatic heterocycles. The second-order valence-electron chi connectivity index (χ2n) is 4.17. The smallest absolute Gasteiger partial charge is 0.322 e. The lowest BCUT2D eigenvalue weighted by Crippen LogP contribution is -2.39. The average Bonchev–Trinajstić information content (AvgIpc) is 2.40. The van der Waals surface area contributed by atoms with Crippen LogP contribution in [0.25, 0.3) is 0 Å². The molecular weight excluding hydrogens is 288 g/mol. The maximum absolute atomic E-state index is 12.1. The fourth-order valence-corrected chi connectivity index (χ4v) is 3.06. The molecule has 0 radical (unpaired) electrons. The van der Waals surface area contributed by atoms with Gasteiger partial charge in [-0.15, -0.1) is 0 Å². The fraction of sp³-hybridized carbons (Fsp3) is 0.417. The summed E-state index contributed by atoms with van der Waals surface area (Å²) in [5.74, 6) is 0. The maximum Gasteiger partial charge on any atom is 0.322 e. The second-order valence-corrected chi connectivity index (χ2v) is 6.20. The van der Waals surface area contributed by atoms with Crippen molar-refractivity contribution in [2.45, 2.75) is 6.92 Å². The van der Waals surface area contributed by atoms with Crippen molar-refractivity contribution in [1.29, 1.82) is 0 Å². The number of hydrogen-bond donors (Lipinski definition) is 0. The first-order valence-corrected chi connectivity index (χ1v) is 7.67. The van der Waals surface area contributed by atoms with Crippen LogP contribution in [0, 0.1) is 0 Å².